The monoisotopic (exact) mass is 239 g/mol. The first-order chi connectivity index (χ1) is 8.75. The molecule has 0 saturated heterocycles. The first-order valence-electron chi connectivity index (χ1n) is 5.56. The highest BCUT2D eigenvalue weighted by Gasteiger charge is 2.06. The summed E-state index contributed by atoms with van der Waals surface area (Å²) < 4.78 is 0. The highest BCUT2D eigenvalue weighted by molar-refractivity contribution is 5.93. The smallest absolute Gasteiger partial charge is 0.298 e. The number of imidazole rings is 1. The minimum absolute atomic E-state index is 0.227. The molecule has 2 rings (SSSR count). The summed E-state index contributed by atoms with van der Waals surface area (Å²) in [6, 6.07) is 9.43. The van der Waals surface area contributed by atoms with Gasteiger partial charge in [0.15, 0.2) is 0 Å². The largest absolute Gasteiger partial charge is 0.347 e. The molecule has 18 heavy (non-hydrogen) atoms. The minimum atomic E-state index is -0.227. The second-order valence-corrected chi connectivity index (χ2v) is 3.81. The molecule has 90 valence electrons. The summed E-state index contributed by atoms with van der Waals surface area (Å²) in [4.78, 5) is 20.3. The highest BCUT2D eigenvalue weighted by atomic mass is 16.2. The Balaban J connectivity index is 1.98. The van der Waals surface area contributed by atoms with Crippen LogP contribution in [0.25, 0.3) is 0 Å². The second-order valence-electron chi connectivity index (χ2n) is 3.81. The number of aromatic amines is 1. The Bertz CT molecular complexity index is 564. The zero-order valence-corrected chi connectivity index (χ0v) is 10.1. The zero-order valence-electron chi connectivity index (χ0n) is 10.1. The molecule has 1 aromatic heterocycles. The van der Waals surface area contributed by atoms with E-state index in [-0.39, 0.29) is 5.91 Å². The molecule has 1 N–H and O–H groups in total. The van der Waals surface area contributed by atoms with Crippen LogP contribution in [0.15, 0.2) is 42.7 Å². The van der Waals surface area contributed by atoms with E-state index in [1.165, 1.54) is 4.90 Å². The second kappa shape index (κ2) is 5.69. The number of H-pyrrole nitrogens is 1. The van der Waals surface area contributed by atoms with Crippen LogP contribution in [0.4, 0.5) is 0 Å². The van der Waals surface area contributed by atoms with Gasteiger partial charge in [0.1, 0.15) is 5.82 Å². The van der Waals surface area contributed by atoms with Crippen LogP contribution in [0.5, 0.6) is 0 Å². The summed E-state index contributed by atoms with van der Waals surface area (Å²) in [5.74, 6) is 5.96. The molecule has 0 unspecified atom stereocenters. The quantitative estimate of drug-likeness (QED) is 0.806. The van der Waals surface area contributed by atoms with Crippen molar-refractivity contribution in [2.45, 2.75) is 6.54 Å². The Morgan fingerprint density at radius 2 is 2.17 bits per heavy atom. The Morgan fingerprint density at radius 1 is 1.39 bits per heavy atom. The van der Waals surface area contributed by atoms with Gasteiger partial charge in [-0.25, -0.2) is 4.98 Å². The summed E-state index contributed by atoms with van der Waals surface area (Å²) in [6.07, 6.45) is 3.38. The Labute approximate surface area is 106 Å². The van der Waals surface area contributed by atoms with Gasteiger partial charge in [-0.15, -0.1) is 0 Å². The Morgan fingerprint density at radius 3 is 2.83 bits per heavy atom. The van der Waals surface area contributed by atoms with Gasteiger partial charge in [0, 0.05) is 30.9 Å². The van der Waals surface area contributed by atoms with Gasteiger partial charge in [-0.1, -0.05) is 24.1 Å². The number of nitrogens with zero attached hydrogens (tertiary/aromatic N) is 2. The number of hydrogen-bond donors (Lipinski definition) is 1. The third-order valence-corrected chi connectivity index (χ3v) is 2.38. The van der Waals surface area contributed by atoms with E-state index in [1.54, 1.807) is 19.4 Å². The van der Waals surface area contributed by atoms with Crippen molar-refractivity contribution in [3.63, 3.8) is 0 Å². The maximum absolute atomic E-state index is 11.8. The number of hydrogen-bond acceptors (Lipinski definition) is 2. The number of amides is 1. The van der Waals surface area contributed by atoms with Crippen LogP contribution in [0.1, 0.15) is 11.4 Å². The van der Waals surface area contributed by atoms with Crippen molar-refractivity contribution in [3.8, 4) is 11.8 Å². The molecular weight excluding hydrogens is 226 g/mol. The van der Waals surface area contributed by atoms with Gasteiger partial charge in [0.2, 0.25) is 0 Å². The summed E-state index contributed by atoms with van der Waals surface area (Å²) in [5.41, 5.74) is 0.831. The molecule has 0 aliphatic carbocycles. The standard InChI is InChI=1S/C14H13N3O/c1-17(11-13-15-9-10-16-13)14(18)8-7-12-5-3-2-4-6-12/h2-6,9-10H,11H2,1H3,(H,15,16). The predicted octanol–water partition coefficient (Wildman–Crippen LogP) is 1.42. The summed E-state index contributed by atoms with van der Waals surface area (Å²) in [5, 5.41) is 0. The third kappa shape index (κ3) is 3.22. The molecule has 0 fully saturated rings. The first kappa shape index (κ1) is 11.9. The van der Waals surface area contributed by atoms with E-state index >= 15 is 0 Å². The molecule has 2 aromatic rings. The average molecular weight is 239 g/mol. The molecule has 0 saturated carbocycles. The molecule has 4 nitrogen and oxygen atoms in total. The van der Waals surface area contributed by atoms with Gasteiger partial charge in [0.05, 0.1) is 6.54 Å². The van der Waals surface area contributed by atoms with Crippen LogP contribution in [0.3, 0.4) is 0 Å². The topological polar surface area (TPSA) is 49.0 Å². The maximum Gasteiger partial charge on any atom is 0.298 e. The average Bonchev–Trinajstić information content (AvgIpc) is 2.90. The van der Waals surface area contributed by atoms with Crippen molar-refractivity contribution >= 4 is 5.91 Å². The Hall–Kier alpha value is -2.54. The van der Waals surface area contributed by atoms with E-state index < -0.39 is 0 Å². The van der Waals surface area contributed by atoms with Gasteiger partial charge >= 0.3 is 0 Å². The lowest BCUT2D eigenvalue weighted by atomic mass is 10.2. The molecule has 0 bridgehead atoms. The lowest BCUT2D eigenvalue weighted by molar-refractivity contribution is -0.124. The number of nitrogens with one attached hydrogen (secondary N) is 1. The fourth-order valence-corrected chi connectivity index (χ4v) is 1.42. The van der Waals surface area contributed by atoms with Crippen LogP contribution in [-0.4, -0.2) is 27.8 Å². The number of carbonyl (C=O) groups excluding carboxylic acids is 1. The SMILES string of the molecule is CN(Cc1ncc[nH]1)C(=O)C#Cc1ccccc1. The van der Waals surface area contributed by atoms with Crippen LogP contribution < -0.4 is 0 Å². The summed E-state index contributed by atoms with van der Waals surface area (Å²) in [7, 11) is 1.70. The molecular formula is C14H13N3O. The van der Waals surface area contributed by atoms with Crippen molar-refractivity contribution in [2.24, 2.45) is 0 Å². The minimum Gasteiger partial charge on any atom is -0.347 e. The van der Waals surface area contributed by atoms with Gasteiger partial charge in [-0.2, -0.15) is 0 Å². The van der Waals surface area contributed by atoms with Crippen LogP contribution in [0, 0.1) is 11.8 Å². The fraction of sp³-hybridized carbons (Fsp3) is 0.143. The molecule has 1 amide bonds. The predicted molar refractivity (Wildman–Crippen MR) is 68.4 cm³/mol. The lowest BCUT2D eigenvalue weighted by Gasteiger charge is -2.11. The van der Waals surface area contributed by atoms with Crippen LogP contribution in [0.2, 0.25) is 0 Å². The first-order valence-corrected chi connectivity index (χ1v) is 5.56. The number of rotatable bonds is 2. The van der Waals surface area contributed by atoms with E-state index in [9.17, 15) is 4.79 Å². The van der Waals surface area contributed by atoms with Crippen molar-refractivity contribution in [2.75, 3.05) is 7.05 Å². The highest BCUT2D eigenvalue weighted by Crippen LogP contribution is 1.97. The molecule has 4 heteroatoms. The normalized spacial score (nSPS) is 9.39. The maximum atomic E-state index is 11.8. The Kier molecular flexibility index (Phi) is 3.77. The summed E-state index contributed by atoms with van der Waals surface area (Å²) in [6.45, 7) is 0.426. The van der Waals surface area contributed by atoms with Crippen LogP contribution >= 0.6 is 0 Å². The van der Waals surface area contributed by atoms with Gasteiger partial charge < -0.3 is 9.88 Å². The van der Waals surface area contributed by atoms with Gasteiger partial charge in [0.25, 0.3) is 5.91 Å². The molecule has 0 spiro atoms. The van der Waals surface area contributed by atoms with Crippen molar-refractivity contribution in [3.05, 3.63) is 54.1 Å². The molecule has 0 aliphatic rings. The van der Waals surface area contributed by atoms with Gasteiger partial charge in [-0.05, 0) is 12.1 Å². The van der Waals surface area contributed by atoms with Crippen molar-refractivity contribution in [1.82, 2.24) is 14.9 Å². The van der Waals surface area contributed by atoms with E-state index in [0.717, 1.165) is 11.4 Å². The van der Waals surface area contributed by atoms with E-state index in [4.69, 9.17) is 0 Å². The third-order valence-electron chi connectivity index (χ3n) is 2.38. The summed E-state index contributed by atoms with van der Waals surface area (Å²) >= 11 is 0. The molecule has 1 heterocycles. The van der Waals surface area contributed by atoms with E-state index in [0.29, 0.717) is 6.54 Å². The molecule has 0 radical (unpaired) electrons. The zero-order chi connectivity index (χ0) is 12.8. The lowest BCUT2D eigenvalue weighted by Crippen LogP contribution is -2.25. The van der Waals surface area contributed by atoms with Crippen molar-refractivity contribution in [1.29, 1.82) is 0 Å². The number of aromatic nitrogens is 2. The number of carbonyl (C=O) groups is 1. The van der Waals surface area contributed by atoms with E-state index in [2.05, 4.69) is 21.8 Å². The molecule has 1 aromatic carbocycles. The number of benzene rings is 1. The molecule has 0 aliphatic heterocycles. The molecule has 0 atom stereocenters. The van der Waals surface area contributed by atoms with E-state index in [1.807, 2.05) is 30.3 Å². The van der Waals surface area contributed by atoms with Gasteiger partial charge in [-0.3, -0.25) is 4.79 Å². The van der Waals surface area contributed by atoms with Crippen molar-refractivity contribution < 1.29 is 4.79 Å². The van der Waals surface area contributed by atoms with Crippen LogP contribution in [-0.2, 0) is 11.3 Å². The fourth-order valence-electron chi connectivity index (χ4n) is 1.42.